The molecule has 0 radical (unpaired) electrons. The van der Waals surface area contributed by atoms with Crippen LogP contribution in [0.15, 0.2) is 30.3 Å². The first-order chi connectivity index (χ1) is 10.1. The van der Waals surface area contributed by atoms with Gasteiger partial charge in [-0.2, -0.15) is 0 Å². The molecule has 5 nitrogen and oxygen atoms in total. The molecule has 3 aliphatic rings. The van der Waals surface area contributed by atoms with Gasteiger partial charge in [-0.1, -0.05) is 30.3 Å². The molecule has 0 aromatic heterocycles. The molecule has 0 N–H and O–H groups in total. The number of rotatable bonds is 4. The molecule has 2 unspecified atom stereocenters. The van der Waals surface area contributed by atoms with E-state index in [1.165, 1.54) is 19.4 Å². The van der Waals surface area contributed by atoms with Gasteiger partial charge in [0.25, 0.3) is 0 Å². The smallest absolute Gasteiger partial charge is 0.302 e. The third-order valence-electron chi connectivity index (χ3n) is 4.22. The van der Waals surface area contributed by atoms with Crippen LogP contribution in [0.5, 0.6) is 0 Å². The molecule has 3 fully saturated rings. The van der Waals surface area contributed by atoms with Crippen molar-refractivity contribution >= 4 is 11.9 Å². The molecule has 1 aromatic rings. The van der Waals surface area contributed by atoms with Crippen molar-refractivity contribution in [3.8, 4) is 0 Å². The molecule has 2 bridgehead atoms. The van der Waals surface area contributed by atoms with Crippen molar-refractivity contribution in [2.45, 2.75) is 38.6 Å². The number of benzene rings is 1. The number of hydrogen-bond acceptors (Lipinski definition) is 5. The first-order valence-electron chi connectivity index (χ1n) is 7.18. The Morgan fingerprint density at radius 1 is 1.10 bits per heavy atom. The van der Waals surface area contributed by atoms with Crippen LogP contribution in [0.1, 0.15) is 19.4 Å². The van der Waals surface area contributed by atoms with Gasteiger partial charge in [-0.15, -0.1) is 0 Å². The molecule has 2 saturated heterocycles. The van der Waals surface area contributed by atoms with Crippen molar-refractivity contribution < 1.29 is 19.1 Å². The molecule has 0 spiro atoms. The minimum absolute atomic E-state index is 0.0250. The monoisotopic (exact) mass is 289 g/mol. The van der Waals surface area contributed by atoms with E-state index >= 15 is 0 Å². The quantitative estimate of drug-likeness (QED) is 0.783. The number of esters is 2. The summed E-state index contributed by atoms with van der Waals surface area (Å²) in [5, 5.41) is 0. The minimum atomic E-state index is -0.280. The van der Waals surface area contributed by atoms with E-state index in [1.807, 2.05) is 18.2 Å². The van der Waals surface area contributed by atoms with Gasteiger partial charge in [0.2, 0.25) is 0 Å². The van der Waals surface area contributed by atoms with E-state index in [1.54, 1.807) is 0 Å². The Morgan fingerprint density at radius 2 is 1.67 bits per heavy atom. The molecule has 1 aromatic carbocycles. The second kappa shape index (κ2) is 5.48. The average Bonchev–Trinajstić information content (AvgIpc) is 2.94. The Morgan fingerprint density at radius 3 is 2.19 bits per heavy atom. The highest BCUT2D eigenvalue weighted by atomic mass is 16.6. The van der Waals surface area contributed by atoms with Crippen LogP contribution < -0.4 is 0 Å². The molecule has 5 heteroatoms. The highest BCUT2D eigenvalue weighted by molar-refractivity contribution is 5.67. The van der Waals surface area contributed by atoms with Crippen LogP contribution in [-0.2, 0) is 25.6 Å². The minimum Gasteiger partial charge on any atom is -0.460 e. The summed E-state index contributed by atoms with van der Waals surface area (Å²) in [4.78, 5) is 24.7. The van der Waals surface area contributed by atoms with E-state index in [0.29, 0.717) is 0 Å². The average molecular weight is 289 g/mol. The van der Waals surface area contributed by atoms with E-state index < -0.39 is 0 Å². The number of hydrogen-bond donors (Lipinski definition) is 0. The summed E-state index contributed by atoms with van der Waals surface area (Å²) < 4.78 is 10.8. The lowest BCUT2D eigenvalue weighted by Gasteiger charge is -2.42. The van der Waals surface area contributed by atoms with Gasteiger partial charge in [-0.25, -0.2) is 0 Å². The molecule has 21 heavy (non-hydrogen) atoms. The second-order valence-electron chi connectivity index (χ2n) is 5.72. The number of carbonyl (C=O) groups excluding carboxylic acids is 2. The number of fused-ring (bicyclic) bond motifs is 1. The van der Waals surface area contributed by atoms with Crippen LogP contribution in [0.4, 0.5) is 0 Å². The van der Waals surface area contributed by atoms with E-state index in [0.717, 1.165) is 13.1 Å². The van der Waals surface area contributed by atoms with Gasteiger partial charge < -0.3 is 9.47 Å². The van der Waals surface area contributed by atoms with Crippen molar-refractivity contribution in [1.29, 1.82) is 0 Å². The fourth-order valence-electron chi connectivity index (χ4n) is 3.44. The zero-order valence-electron chi connectivity index (χ0n) is 12.2. The summed E-state index contributed by atoms with van der Waals surface area (Å²) in [5.41, 5.74) is 1.20. The van der Waals surface area contributed by atoms with Crippen molar-refractivity contribution in [3.63, 3.8) is 0 Å². The highest BCUT2D eigenvalue weighted by Gasteiger charge is 2.63. The summed E-state index contributed by atoms with van der Waals surface area (Å²) in [7, 11) is 0. The maximum absolute atomic E-state index is 11.2. The summed E-state index contributed by atoms with van der Waals surface area (Å²) in [6, 6.07) is 10.1. The predicted molar refractivity (Wildman–Crippen MR) is 75.2 cm³/mol. The van der Waals surface area contributed by atoms with Crippen molar-refractivity contribution in [3.05, 3.63) is 35.9 Å². The third kappa shape index (κ3) is 2.65. The van der Waals surface area contributed by atoms with E-state index in [4.69, 9.17) is 9.47 Å². The molecule has 4 rings (SSSR count). The van der Waals surface area contributed by atoms with Gasteiger partial charge in [0.1, 0.15) is 12.2 Å². The number of ether oxygens (including phenoxy) is 2. The van der Waals surface area contributed by atoms with Crippen molar-refractivity contribution in [1.82, 2.24) is 4.90 Å². The van der Waals surface area contributed by atoms with Crippen molar-refractivity contribution in [2.24, 2.45) is 5.92 Å². The lowest BCUT2D eigenvalue weighted by molar-refractivity contribution is -0.182. The van der Waals surface area contributed by atoms with E-state index in [2.05, 4.69) is 17.0 Å². The fourth-order valence-corrected chi connectivity index (χ4v) is 3.44. The Kier molecular flexibility index (Phi) is 3.68. The van der Waals surface area contributed by atoms with E-state index in [9.17, 15) is 9.59 Å². The number of carbonyl (C=O) groups is 2. The summed E-state index contributed by atoms with van der Waals surface area (Å²) in [5.74, 6) is -0.470. The Balaban J connectivity index is 1.71. The first-order valence-corrected chi connectivity index (χ1v) is 7.18. The van der Waals surface area contributed by atoms with Gasteiger partial charge >= 0.3 is 11.9 Å². The van der Waals surface area contributed by atoms with Crippen LogP contribution in [0.2, 0.25) is 0 Å². The van der Waals surface area contributed by atoms with E-state index in [-0.39, 0.29) is 36.1 Å². The zero-order chi connectivity index (χ0) is 15.0. The Hall–Kier alpha value is -1.88. The largest absolute Gasteiger partial charge is 0.460 e. The fraction of sp³-hybridized carbons (Fsp3) is 0.500. The molecule has 4 atom stereocenters. The summed E-state index contributed by atoms with van der Waals surface area (Å²) in [6.07, 6.45) is -0.314. The zero-order valence-corrected chi connectivity index (χ0v) is 12.2. The maximum Gasteiger partial charge on any atom is 0.302 e. The number of nitrogens with zero attached hydrogens (tertiary/aromatic N) is 1. The first kappa shape index (κ1) is 14.1. The molecule has 0 amide bonds. The highest BCUT2D eigenvalue weighted by Crippen LogP contribution is 2.46. The van der Waals surface area contributed by atoms with Crippen LogP contribution in [0.25, 0.3) is 0 Å². The topological polar surface area (TPSA) is 55.8 Å². The van der Waals surface area contributed by atoms with Crippen LogP contribution in [0.3, 0.4) is 0 Å². The SMILES string of the molecule is CC(=O)O[C@@H]1C2CN(Cc3ccccc3)C1[C@H]2OC(C)=O. The standard InChI is InChI=1S/C16H19NO4/c1-10(18)20-15-13-9-17(8-12-6-4-3-5-7-12)14(15)16(13)21-11(2)19/h3-7,13-16H,8-9H2,1-2H3/t13?,14?,15-,16+. The maximum atomic E-state index is 11.2. The van der Waals surface area contributed by atoms with Crippen molar-refractivity contribution in [2.75, 3.05) is 6.54 Å². The second-order valence-corrected chi connectivity index (χ2v) is 5.72. The van der Waals surface area contributed by atoms with Crippen LogP contribution in [0, 0.1) is 5.92 Å². The van der Waals surface area contributed by atoms with Gasteiger partial charge in [0.15, 0.2) is 0 Å². The Bertz CT molecular complexity index is 520. The Labute approximate surface area is 123 Å². The molecule has 2 aliphatic heterocycles. The molecule has 112 valence electrons. The molecule has 1 aliphatic carbocycles. The van der Waals surface area contributed by atoms with Gasteiger partial charge in [0, 0.05) is 32.9 Å². The van der Waals surface area contributed by atoms with Crippen LogP contribution in [-0.4, -0.2) is 41.6 Å². The van der Waals surface area contributed by atoms with Gasteiger partial charge in [-0.3, -0.25) is 14.5 Å². The lowest BCUT2D eigenvalue weighted by Crippen LogP contribution is -2.59. The normalized spacial score (nSPS) is 30.6. The predicted octanol–water partition coefficient (Wildman–Crippen LogP) is 1.36. The van der Waals surface area contributed by atoms with Gasteiger partial charge in [0.05, 0.1) is 6.04 Å². The summed E-state index contributed by atoms with van der Waals surface area (Å²) in [6.45, 7) is 4.40. The summed E-state index contributed by atoms with van der Waals surface area (Å²) >= 11 is 0. The van der Waals surface area contributed by atoms with Gasteiger partial charge in [-0.05, 0) is 5.56 Å². The molecular formula is C16H19NO4. The molecule has 2 heterocycles. The molecular weight excluding hydrogens is 270 g/mol. The molecule has 1 saturated carbocycles. The lowest BCUT2D eigenvalue weighted by atomic mass is 9.78. The van der Waals surface area contributed by atoms with Crippen LogP contribution >= 0.6 is 0 Å². The third-order valence-corrected chi connectivity index (χ3v) is 4.22.